The average Bonchev–Trinajstić information content (AvgIpc) is 2.96. The number of sulfonamides is 1. The molecule has 0 spiro atoms. The topological polar surface area (TPSA) is 49.4 Å². The molecule has 1 saturated carbocycles. The zero-order chi connectivity index (χ0) is 14.9. The molecule has 0 aromatic carbocycles. The summed E-state index contributed by atoms with van der Waals surface area (Å²) in [6, 6.07) is 5.93. The average molecular weight is 343 g/mol. The van der Waals surface area contributed by atoms with Crippen LogP contribution in [-0.2, 0) is 23.1 Å². The van der Waals surface area contributed by atoms with Gasteiger partial charge in [-0.15, -0.1) is 22.7 Å². The molecule has 1 aliphatic rings. The maximum absolute atomic E-state index is 12.9. The van der Waals surface area contributed by atoms with Gasteiger partial charge in [0.05, 0.1) is 0 Å². The van der Waals surface area contributed by atoms with Crippen LogP contribution in [0.4, 0.5) is 0 Å². The number of hydrogen-bond acceptors (Lipinski definition) is 5. The van der Waals surface area contributed by atoms with Crippen LogP contribution in [0.1, 0.15) is 23.3 Å². The zero-order valence-electron chi connectivity index (χ0n) is 11.8. The molecule has 3 rings (SSSR count). The maximum atomic E-state index is 12.9. The quantitative estimate of drug-likeness (QED) is 0.842. The van der Waals surface area contributed by atoms with Crippen LogP contribution in [0.2, 0.25) is 0 Å². The lowest BCUT2D eigenvalue weighted by molar-refractivity contribution is 0.402. The van der Waals surface area contributed by atoms with Crippen LogP contribution in [-0.4, -0.2) is 25.8 Å². The third-order valence-electron chi connectivity index (χ3n) is 3.42. The summed E-state index contributed by atoms with van der Waals surface area (Å²) in [5, 5.41) is 6.95. The van der Waals surface area contributed by atoms with Gasteiger partial charge in [-0.1, -0.05) is 6.07 Å². The second-order valence-electron chi connectivity index (χ2n) is 5.17. The lowest BCUT2D eigenvalue weighted by Gasteiger charge is -2.20. The van der Waals surface area contributed by atoms with Crippen molar-refractivity contribution in [3.05, 3.63) is 39.4 Å². The van der Waals surface area contributed by atoms with Crippen LogP contribution in [0.3, 0.4) is 0 Å². The van der Waals surface area contributed by atoms with Gasteiger partial charge in [-0.3, -0.25) is 0 Å². The van der Waals surface area contributed by atoms with E-state index in [1.807, 2.05) is 29.9 Å². The van der Waals surface area contributed by atoms with Gasteiger partial charge in [0.15, 0.2) is 0 Å². The first-order valence-electron chi connectivity index (χ1n) is 6.87. The Labute approximate surface area is 133 Å². The highest BCUT2D eigenvalue weighted by Crippen LogP contribution is 2.35. The van der Waals surface area contributed by atoms with E-state index in [9.17, 15) is 8.42 Å². The maximum Gasteiger partial charge on any atom is 0.253 e. The number of rotatable bonds is 7. The zero-order valence-corrected chi connectivity index (χ0v) is 14.2. The molecule has 1 fully saturated rings. The molecular formula is C14H18N2O2S3. The van der Waals surface area contributed by atoms with Gasteiger partial charge < -0.3 is 5.32 Å². The van der Waals surface area contributed by atoms with Crippen molar-refractivity contribution < 1.29 is 8.42 Å². The molecule has 1 N–H and O–H groups in total. The highest BCUT2D eigenvalue weighted by molar-refractivity contribution is 7.91. The highest BCUT2D eigenvalue weighted by atomic mass is 32.2. The van der Waals surface area contributed by atoms with E-state index in [0.29, 0.717) is 17.3 Å². The summed E-state index contributed by atoms with van der Waals surface area (Å²) in [6.45, 7) is 1.18. The van der Waals surface area contributed by atoms with Crippen LogP contribution in [0, 0.1) is 0 Å². The lowest BCUT2D eigenvalue weighted by Crippen LogP contribution is -2.31. The SMILES string of the molecule is CNCc1csc(S(=O)(=O)N(Cc2cccs2)C2CC2)c1. The minimum Gasteiger partial charge on any atom is -0.316 e. The molecule has 2 aromatic rings. The fourth-order valence-corrected chi connectivity index (χ4v) is 6.01. The largest absolute Gasteiger partial charge is 0.316 e. The first-order chi connectivity index (χ1) is 10.1. The van der Waals surface area contributed by atoms with Gasteiger partial charge in [-0.25, -0.2) is 8.42 Å². The third-order valence-corrected chi connectivity index (χ3v) is 7.64. The van der Waals surface area contributed by atoms with Crippen molar-refractivity contribution in [1.29, 1.82) is 0 Å². The van der Waals surface area contributed by atoms with E-state index in [4.69, 9.17) is 0 Å². The number of hydrogen-bond donors (Lipinski definition) is 1. The van der Waals surface area contributed by atoms with E-state index in [2.05, 4.69) is 5.32 Å². The van der Waals surface area contributed by atoms with Crippen molar-refractivity contribution in [1.82, 2.24) is 9.62 Å². The Balaban J connectivity index is 1.85. The van der Waals surface area contributed by atoms with Crippen molar-refractivity contribution in [2.45, 2.75) is 36.2 Å². The Bertz CT molecular complexity index is 688. The predicted molar refractivity (Wildman–Crippen MR) is 87.2 cm³/mol. The minimum atomic E-state index is -3.38. The summed E-state index contributed by atoms with van der Waals surface area (Å²) >= 11 is 2.92. The van der Waals surface area contributed by atoms with Crippen molar-refractivity contribution in [2.75, 3.05) is 7.05 Å². The molecule has 21 heavy (non-hydrogen) atoms. The molecule has 114 valence electrons. The fourth-order valence-electron chi connectivity index (χ4n) is 2.23. The van der Waals surface area contributed by atoms with Gasteiger partial charge in [-0.05, 0) is 48.3 Å². The molecule has 0 unspecified atom stereocenters. The first kappa shape index (κ1) is 15.2. The van der Waals surface area contributed by atoms with E-state index >= 15 is 0 Å². The Kier molecular flexibility index (Phi) is 4.46. The molecule has 7 heteroatoms. The molecule has 0 bridgehead atoms. The molecule has 0 saturated heterocycles. The van der Waals surface area contributed by atoms with Gasteiger partial charge in [0.2, 0.25) is 0 Å². The van der Waals surface area contributed by atoms with Gasteiger partial charge >= 0.3 is 0 Å². The number of nitrogens with one attached hydrogen (secondary N) is 1. The molecule has 2 aromatic heterocycles. The smallest absolute Gasteiger partial charge is 0.253 e. The lowest BCUT2D eigenvalue weighted by atomic mass is 10.3. The van der Waals surface area contributed by atoms with Crippen molar-refractivity contribution >= 4 is 32.7 Å². The summed E-state index contributed by atoms with van der Waals surface area (Å²) in [5.74, 6) is 0. The molecule has 1 aliphatic carbocycles. The molecule has 0 radical (unpaired) electrons. The molecular weight excluding hydrogens is 324 g/mol. The Hall–Kier alpha value is -0.730. The van der Waals surface area contributed by atoms with Gasteiger partial charge in [0.1, 0.15) is 4.21 Å². The minimum absolute atomic E-state index is 0.173. The highest BCUT2D eigenvalue weighted by Gasteiger charge is 2.38. The monoisotopic (exact) mass is 342 g/mol. The number of thiophene rings is 2. The molecule has 0 aliphatic heterocycles. The van der Waals surface area contributed by atoms with Crippen molar-refractivity contribution in [3.8, 4) is 0 Å². The number of nitrogens with zero attached hydrogens (tertiary/aromatic N) is 1. The summed E-state index contributed by atoms with van der Waals surface area (Å²) in [4.78, 5) is 1.09. The molecule has 0 amide bonds. The second-order valence-corrected chi connectivity index (χ2v) is 9.23. The van der Waals surface area contributed by atoms with E-state index in [1.54, 1.807) is 21.7 Å². The second kappa shape index (κ2) is 6.18. The van der Waals surface area contributed by atoms with Crippen LogP contribution in [0.25, 0.3) is 0 Å². The van der Waals surface area contributed by atoms with E-state index in [1.165, 1.54) is 11.3 Å². The predicted octanol–water partition coefficient (Wildman–Crippen LogP) is 2.88. The van der Waals surface area contributed by atoms with Gasteiger partial charge in [0, 0.05) is 24.0 Å². The Morgan fingerprint density at radius 2 is 2.19 bits per heavy atom. The van der Waals surface area contributed by atoms with Crippen LogP contribution >= 0.6 is 22.7 Å². The Morgan fingerprint density at radius 3 is 2.81 bits per heavy atom. The third kappa shape index (κ3) is 3.37. The van der Waals surface area contributed by atoms with Crippen molar-refractivity contribution in [2.24, 2.45) is 0 Å². The van der Waals surface area contributed by atoms with Gasteiger partial charge in [0.25, 0.3) is 10.0 Å². The van der Waals surface area contributed by atoms with E-state index < -0.39 is 10.0 Å². The summed E-state index contributed by atoms with van der Waals surface area (Å²) in [6.07, 6.45) is 1.94. The summed E-state index contributed by atoms with van der Waals surface area (Å²) in [7, 11) is -1.52. The Morgan fingerprint density at radius 1 is 1.38 bits per heavy atom. The van der Waals surface area contributed by atoms with E-state index in [-0.39, 0.29) is 6.04 Å². The van der Waals surface area contributed by atoms with Crippen LogP contribution in [0.5, 0.6) is 0 Å². The van der Waals surface area contributed by atoms with Crippen molar-refractivity contribution in [3.63, 3.8) is 0 Å². The van der Waals surface area contributed by atoms with Gasteiger partial charge in [-0.2, -0.15) is 4.31 Å². The summed E-state index contributed by atoms with van der Waals surface area (Å²) in [5.41, 5.74) is 1.02. The normalized spacial score (nSPS) is 15.7. The molecule has 0 atom stereocenters. The molecule has 2 heterocycles. The fraction of sp³-hybridized carbons (Fsp3) is 0.429. The molecule has 4 nitrogen and oxygen atoms in total. The standard InChI is InChI=1S/C14H18N2O2S3/c1-15-8-11-7-14(20-10-11)21(17,18)16(12-4-5-12)9-13-3-2-6-19-13/h2-3,6-7,10,12,15H,4-5,8-9H2,1H3. The van der Waals surface area contributed by atoms with E-state index in [0.717, 1.165) is 23.3 Å². The van der Waals surface area contributed by atoms with Crippen LogP contribution < -0.4 is 5.32 Å². The van der Waals surface area contributed by atoms with Crippen LogP contribution in [0.15, 0.2) is 33.2 Å². The summed E-state index contributed by atoms with van der Waals surface area (Å²) < 4.78 is 27.9. The first-order valence-corrected chi connectivity index (χ1v) is 10.1.